The second kappa shape index (κ2) is 7.60. The van der Waals surface area contributed by atoms with Gasteiger partial charge in [0.25, 0.3) is 0 Å². The van der Waals surface area contributed by atoms with E-state index >= 15 is 0 Å². The van der Waals surface area contributed by atoms with Crippen LogP contribution in [0.25, 0.3) is 0 Å². The molecule has 1 fully saturated rings. The van der Waals surface area contributed by atoms with Crippen molar-refractivity contribution in [3.05, 3.63) is 34.9 Å². The minimum Gasteiger partial charge on any atom is -0.300 e. The third-order valence-electron chi connectivity index (χ3n) is 5.64. The number of piperidine rings is 1. The molecule has 0 aromatic heterocycles. The fraction of sp³-hybridized carbons (Fsp3) is 0.619. The molecule has 1 saturated heterocycles. The Kier molecular flexibility index (Phi) is 5.97. The number of ketones is 1. The van der Waals surface area contributed by atoms with Crippen LogP contribution in [0.5, 0.6) is 0 Å². The Morgan fingerprint density at radius 2 is 2.12 bits per heavy atom. The average Bonchev–Trinajstić information content (AvgIpc) is 2.54. The van der Waals surface area contributed by atoms with Crippen molar-refractivity contribution in [3.63, 3.8) is 0 Å². The predicted molar refractivity (Wildman–Crippen MR) is 102 cm³/mol. The minimum absolute atomic E-state index is 0.0437. The lowest BCUT2D eigenvalue weighted by Gasteiger charge is -2.45. The number of Topliss-reactive ketones (excluding diaryl/α,β-unsaturated/α-hetero) is 1. The Hall–Kier alpha value is -1.48. The number of benzene rings is 1. The molecule has 2 rings (SSSR count). The molecular weight excluding hydrogens is 296 g/mol. The SMILES string of the molecule is CCc1ccc(C)c(C2(C)CCN(C)C(C)C2=NCCC(C)=O)c1. The summed E-state index contributed by atoms with van der Waals surface area (Å²) in [5.74, 6) is 0.210. The van der Waals surface area contributed by atoms with E-state index in [0.717, 1.165) is 19.4 Å². The number of rotatable bonds is 5. The molecule has 0 N–H and O–H groups in total. The molecule has 1 aromatic carbocycles. The molecule has 1 heterocycles. The maximum atomic E-state index is 11.3. The Bertz CT molecular complexity index is 635. The van der Waals surface area contributed by atoms with Crippen molar-refractivity contribution in [2.75, 3.05) is 20.1 Å². The maximum Gasteiger partial charge on any atom is 0.131 e. The third kappa shape index (κ3) is 3.77. The number of aliphatic imine (C=N–C) groups is 1. The summed E-state index contributed by atoms with van der Waals surface area (Å²) in [6.07, 6.45) is 2.65. The lowest BCUT2D eigenvalue weighted by Crippen LogP contribution is -2.53. The number of carbonyl (C=O) groups excluding carboxylic acids is 1. The fourth-order valence-electron chi connectivity index (χ4n) is 3.79. The van der Waals surface area contributed by atoms with Gasteiger partial charge in [0, 0.05) is 30.1 Å². The van der Waals surface area contributed by atoms with Crippen LogP contribution < -0.4 is 0 Å². The van der Waals surface area contributed by atoms with Crippen molar-refractivity contribution in [3.8, 4) is 0 Å². The first-order valence-corrected chi connectivity index (χ1v) is 9.14. The molecule has 0 aliphatic carbocycles. The van der Waals surface area contributed by atoms with Gasteiger partial charge in [-0.2, -0.15) is 0 Å². The Balaban J connectivity index is 2.47. The molecule has 1 aliphatic heterocycles. The van der Waals surface area contributed by atoms with E-state index in [9.17, 15) is 4.79 Å². The van der Waals surface area contributed by atoms with Gasteiger partial charge in [-0.05, 0) is 63.9 Å². The highest BCUT2D eigenvalue weighted by molar-refractivity contribution is 5.99. The summed E-state index contributed by atoms with van der Waals surface area (Å²) in [4.78, 5) is 18.6. The lowest BCUT2D eigenvalue weighted by molar-refractivity contribution is -0.116. The zero-order valence-corrected chi connectivity index (χ0v) is 16.1. The highest BCUT2D eigenvalue weighted by atomic mass is 16.1. The monoisotopic (exact) mass is 328 g/mol. The van der Waals surface area contributed by atoms with Gasteiger partial charge in [-0.3, -0.25) is 14.7 Å². The molecule has 0 amide bonds. The Morgan fingerprint density at radius 3 is 2.75 bits per heavy atom. The third-order valence-corrected chi connectivity index (χ3v) is 5.64. The van der Waals surface area contributed by atoms with E-state index in [4.69, 9.17) is 4.99 Å². The molecule has 3 heteroatoms. The standard InChI is InChI=1S/C21H32N2O/c1-7-18-9-8-15(2)19(14-18)21(5)11-13-23(6)17(4)20(21)22-12-10-16(3)24/h8-9,14,17H,7,10-13H2,1-6H3. The molecule has 132 valence electrons. The van der Waals surface area contributed by atoms with Crippen LogP contribution >= 0.6 is 0 Å². The van der Waals surface area contributed by atoms with Crippen LogP contribution in [0.1, 0.15) is 57.2 Å². The summed E-state index contributed by atoms with van der Waals surface area (Å²) in [5, 5.41) is 0. The molecule has 0 radical (unpaired) electrons. The van der Waals surface area contributed by atoms with Crippen molar-refractivity contribution < 1.29 is 4.79 Å². The second-order valence-corrected chi connectivity index (χ2v) is 7.46. The van der Waals surface area contributed by atoms with Gasteiger partial charge in [0.1, 0.15) is 5.78 Å². The summed E-state index contributed by atoms with van der Waals surface area (Å²) < 4.78 is 0. The van der Waals surface area contributed by atoms with Crippen molar-refractivity contribution >= 4 is 11.5 Å². The first kappa shape index (κ1) is 18.9. The van der Waals surface area contributed by atoms with E-state index in [-0.39, 0.29) is 11.2 Å². The number of hydrogen-bond acceptors (Lipinski definition) is 3. The van der Waals surface area contributed by atoms with Crippen molar-refractivity contribution in [1.82, 2.24) is 4.90 Å². The molecule has 1 aromatic rings. The van der Waals surface area contributed by atoms with E-state index in [2.05, 4.69) is 57.8 Å². The van der Waals surface area contributed by atoms with Gasteiger partial charge in [0.15, 0.2) is 0 Å². The smallest absolute Gasteiger partial charge is 0.131 e. The van der Waals surface area contributed by atoms with E-state index in [1.807, 2.05) is 0 Å². The lowest BCUT2D eigenvalue weighted by atomic mass is 9.69. The summed E-state index contributed by atoms with van der Waals surface area (Å²) >= 11 is 0. The Morgan fingerprint density at radius 1 is 1.42 bits per heavy atom. The molecule has 3 nitrogen and oxygen atoms in total. The van der Waals surface area contributed by atoms with Crippen molar-refractivity contribution in [1.29, 1.82) is 0 Å². The van der Waals surface area contributed by atoms with E-state index in [0.29, 0.717) is 19.0 Å². The zero-order chi connectivity index (χ0) is 17.9. The Labute approximate surface area is 147 Å². The normalized spacial score (nSPS) is 26.8. The highest BCUT2D eigenvalue weighted by Crippen LogP contribution is 2.38. The number of aryl methyl sites for hydroxylation is 2. The number of carbonyl (C=O) groups is 1. The minimum atomic E-state index is -0.0437. The molecule has 2 atom stereocenters. The molecule has 24 heavy (non-hydrogen) atoms. The number of nitrogens with zero attached hydrogens (tertiary/aromatic N) is 2. The predicted octanol–water partition coefficient (Wildman–Crippen LogP) is 3.96. The zero-order valence-electron chi connectivity index (χ0n) is 16.1. The molecule has 0 spiro atoms. The van der Waals surface area contributed by atoms with Gasteiger partial charge in [0.05, 0.1) is 0 Å². The van der Waals surface area contributed by atoms with Gasteiger partial charge < -0.3 is 0 Å². The van der Waals surface area contributed by atoms with Crippen molar-refractivity contribution in [2.24, 2.45) is 4.99 Å². The maximum absolute atomic E-state index is 11.3. The van der Waals surface area contributed by atoms with Gasteiger partial charge in [-0.25, -0.2) is 0 Å². The van der Waals surface area contributed by atoms with Crippen LogP contribution in [0.3, 0.4) is 0 Å². The second-order valence-electron chi connectivity index (χ2n) is 7.46. The summed E-state index contributed by atoms with van der Waals surface area (Å²) in [6, 6.07) is 7.15. The van der Waals surface area contributed by atoms with Crippen LogP contribution in [0, 0.1) is 6.92 Å². The van der Waals surface area contributed by atoms with E-state index < -0.39 is 0 Å². The average molecular weight is 329 g/mol. The first-order chi connectivity index (χ1) is 11.3. The van der Waals surface area contributed by atoms with Crippen LogP contribution in [-0.2, 0) is 16.6 Å². The number of hydrogen-bond donors (Lipinski definition) is 0. The van der Waals surface area contributed by atoms with E-state index in [1.165, 1.54) is 22.4 Å². The summed E-state index contributed by atoms with van der Waals surface area (Å²) in [5.41, 5.74) is 5.31. The van der Waals surface area contributed by atoms with Gasteiger partial charge in [-0.1, -0.05) is 32.0 Å². The highest BCUT2D eigenvalue weighted by Gasteiger charge is 2.41. The van der Waals surface area contributed by atoms with Crippen LogP contribution in [0.15, 0.2) is 23.2 Å². The van der Waals surface area contributed by atoms with Gasteiger partial charge in [0.2, 0.25) is 0 Å². The molecule has 0 saturated carbocycles. The van der Waals surface area contributed by atoms with Gasteiger partial charge >= 0.3 is 0 Å². The quantitative estimate of drug-likeness (QED) is 0.819. The van der Waals surface area contributed by atoms with Gasteiger partial charge in [-0.15, -0.1) is 0 Å². The molecular formula is C21H32N2O. The van der Waals surface area contributed by atoms with Crippen LogP contribution in [-0.4, -0.2) is 42.6 Å². The number of likely N-dealkylation sites (tertiary alicyclic amines) is 1. The van der Waals surface area contributed by atoms with E-state index in [1.54, 1.807) is 6.92 Å². The first-order valence-electron chi connectivity index (χ1n) is 9.14. The molecule has 1 aliphatic rings. The van der Waals surface area contributed by atoms with Crippen molar-refractivity contribution in [2.45, 2.75) is 65.3 Å². The molecule has 0 bridgehead atoms. The van der Waals surface area contributed by atoms with Crippen LogP contribution in [0.2, 0.25) is 0 Å². The van der Waals surface area contributed by atoms with Crippen LogP contribution in [0.4, 0.5) is 0 Å². The topological polar surface area (TPSA) is 32.7 Å². The molecule has 2 unspecified atom stereocenters. The summed E-state index contributed by atoms with van der Waals surface area (Å²) in [6.45, 7) is 12.3. The summed E-state index contributed by atoms with van der Waals surface area (Å²) in [7, 11) is 2.17. The fourth-order valence-corrected chi connectivity index (χ4v) is 3.79. The largest absolute Gasteiger partial charge is 0.300 e.